The molecule has 1 atom stereocenters. The Morgan fingerprint density at radius 1 is 1.21 bits per heavy atom. The van der Waals surface area contributed by atoms with Gasteiger partial charge in [-0.05, 0) is 26.3 Å². The van der Waals surface area contributed by atoms with E-state index in [0.717, 1.165) is 19.3 Å². The van der Waals surface area contributed by atoms with Gasteiger partial charge in [0.1, 0.15) is 0 Å². The van der Waals surface area contributed by atoms with Crippen LogP contribution in [0.5, 0.6) is 0 Å². The first kappa shape index (κ1) is 13.8. The first-order chi connectivity index (χ1) is 6.45. The van der Waals surface area contributed by atoms with Crippen molar-refractivity contribution in [3.8, 4) is 0 Å². The maximum absolute atomic E-state index is 11.8. The molecule has 86 valence electrons. The van der Waals surface area contributed by atoms with Crippen molar-refractivity contribution in [2.24, 2.45) is 0 Å². The Kier molecular flexibility index (Phi) is 6.97. The van der Waals surface area contributed by atoms with E-state index < -0.39 is 12.6 Å². The molecule has 0 spiro atoms. The van der Waals surface area contributed by atoms with Gasteiger partial charge in [-0.25, -0.2) is 0 Å². The fourth-order valence-corrected chi connectivity index (χ4v) is 1.25. The molecule has 0 heterocycles. The van der Waals surface area contributed by atoms with E-state index in [9.17, 15) is 13.2 Å². The van der Waals surface area contributed by atoms with E-state index >= 15 is 0 Å². The lowest BCUT2D eigenvalue weighted by molar-refractivity contribution is -0.135. The van der Waals surface area contributed by atoms with Crippen molar-refractivity contribution < 1.29 is 13.2 Å². The number of alkyl halides is 3. The fourth-order valence-electron chi connectivity index (χ4n) is 1.25. The Morgan fingerprint density at radius 3 is 2.36 bits per heavy atom. The third-order valence-corrected chi connectivity index (χ3v) is 2.12. The van der Waals surface area contributed by atoms with E-state index in [4.69, 9.17) is 0 Å². The molecule has 1 unspecified atom stereocenters. The van der Waals surface area contributed by atoms with Gasteiger partial charge in [0.25, 0.3) is 0 Å². The zero-order valence-corrected chi connectivity index (χ0v) is 8.95. The molecular formula is C10H20F3N. The summed E-state index contributed by atoms with van der Waals surface area (Å²) in [6, 6.07) is 0.336. The average molecular weight is 211 g/mol. The first-order valence-electron chi connectivity index (χ1n) is 5.26. The molecule has 0 aliphatic rings. The highest BCUT2D eigenvalue weighted by Crippen LogP contribution is 2.20. The molecule has 0 rings (SSSR count). The van der Waals surface area contributed by atoms with Gasteiger partial charge in [0.05, 0.1) is 0 Å². The Morgan fingerprint density at radius 2 is 1.86 bits per heavy atom. The molecule has 0 saturated heterocycles. The summed E-state index contributed by atoms with van der Waals surface area (Å²) in [6.45, 7) is 4.59. The van der Waals surface area contributed by atoms with Gasteiger partial charge in [-0.2, -0.15) is 13.2 Å². The third-order valence-electron chi connectivity index (χ3n) is 2.12. The predicted molar refractivity (Wildman–Crippen MR) is 52.3 cm³/mol. The molecule has 0 amide bonds. The molecule has 0 bridgehead atoms. The summed E-state index contributed by atoms with van der Waals surface area (Å²) in [7, 11) is 0. The Labute approximate surface area is 84.1 Å². The molecule has 14 heavy (non-hydrogen) atoms. The van der Waals surface area contributed by atoms with E-state index in [1.54, 1.807) is 0 Å². The smallest absolute Gasteiger partial charge is 0.314 e. The number of nitrogens with one attached hydrogen (secondary N) is 1. The van der Waals surface area contributed by atoms with Gasteiger partial charge in [-0.1, -0.05) is 19.8 Å². The van der Waals surface area contributed by atoms with Crippen LogP contribution in [0.25, 0.3) is 0 Å². The summed E-state index contributed by atoms with van der Waals surface area (Å²) >= 11 is 0. The maximum Gasteiger partial charge on any atom is 0.389 e. The van der Waals surface area contributed by atoms with Crippen LogP contribution in [0.15, 0.2) is 0 Å². The Hall–Kier alpha value is -0.250. The van der Waals surface area contributed by atoms with Crippen molar-refractivity contribution in [1.82, 2.24) is 5.32 Å². The maximum atomic E-state index is 11.8. The molecule has 0 aliphatic heterocycles. The number of unbranched alkanes of at least 4 members (excludes halogenated alkanes) is 1. The highest BCUT2D eigenvalue weighted by Gasteiger charge is 2.25. The van der Waals surface area contributed by atoms with Gasteiger partial charge < -0.3 is 5.32 Å². The van der Waals surface area contributed by atoms with Gasteiger partial charge >= 0.3 is 6.18 Å². The molecule has 1 N–H and O–H groups in total. The predicted octanol–water partition coefficient (Wildman–Crippen LogP) is 3.50. The van der Waals surface area contributed by atoms with Crippen molar-refractivity contribution in [3.63, 3.8) is 0 Å². The minimum Gasteiger partial charge on any atom is -0.314 e. The molecule has 0 aromatic carbocycles. The molecule has 4 heteroatoms. The zero-order chi connectivity index (χ0) is 11.0. The van der Waals surface area contributed by atoms with E-state index in [1.807, 2.05) is 6.92 Å². The lowest BCUT2D eigenvalue weighted by atomic mass is 10.1. The van der Waals surface area contributed by atoms with E-state index in [2.05, 4.69) is 12.2 Å². The molecule has 0 aliphatic carbocycles. The van der Waals surface area contributed by atoms with E-state index in [-0.39, 0.29) is 6.42 Å². The van der Waals surface area contributed by atoms with Crippen LogP contribution in [-0.2, 0) is 0 Å². The van der Waals surface area contributed by atoms with Crippen LogP contribution in [0.3, 0.4) is 0 Å². The van der Waals surface area contributed by atoms with Crippen LogP contribution in [0.4, 0.5) is 13.2 Å². The monoisotopic (exact) mass is 211 g/mol. The highest BCUT2D eigenvalue weighted by atomic mass is 19.4. The molecular weight excluding hydrogens is 191 g/mol. The second kappa shape index (κ2) is 7.10. The minimum absolute atomic E-state index is 0.181. The minimum atomic E-state index is -4.01. The normalized spacial score (nSPS) is 14.4. The summed E-state index contributed by atoms with van der Waals surface area (Å²) < 4.78 is 35.3. The number of hydrogen-bond donors (Lipinski definition) is 1. The SMILES string of the molecule is CCCCC(C)NCCCC(F)(F)F. The van der Waals surface area contributed by atoms with Crippen molar-refractivity contribution in [1.29, 1.82) is 0 Å². The molecule has 0 fully saturated rings. The summed E-state index contributed by atoms with van der Waals surface area (Å²) in [6.07, 6.45) is -1.20. The lowest BCUT2D eigenvalue weighted by Crippen LogP contribution is -2.27. The van der Waals surface area contributed by atoms with Gasteiger partial charge in [-0.3, -0.25) is 0 Å². The largest absolute Gasteiger partial charge is 0.389 e. The second-order valence-electron chi connectivity index (χ2n) is 3.72. The third kappa shape index (κ3) is 9.84. The number of rotatable bonds is 7. The van der Waals surface area contributed by atoms with Crippen molar-refractivity contribution >= 4 is 0 Å². The van der Waals surface area contributed by atoms with Crippen LogP contribution in [0.1, 0.15) is 46.0 Å². The van der Waals surface area contributed by atoms with Crippen LogP contribution >= 0.6 is 0 Å². The summed E-state index contributed by atoms with van der Waals surface area (Å²) in [5.74, 6) is 0. The number of halogens is 3. The fraction of sp³-hybridized carbons (Fsp3) is 1.00. The second-order valence-corrected chi connectivity index (χ2v) is 3.72. The van der Waals surface area contributed by atoms with Crippen molar-refractivity contribution in [2.75, 3.05) is 6.54 Å². The molecule has 0 saturated carbocycles. The van der Waals surface area contributed by atoms with Crippen LogP contribution in [-0.4, -0.2) is 18.8 Å². The summed E-state index contributed by atoms with van der Waals surface area (Å²) in [5, 5.41) is 3.09. The van der Waals surface area contributed by atoms with Crippen LogP contribution < -0.4 is 5.32 Å². The first-order valence-corrected chi connectivity index (χ1v) is 5.26. The van der Waals surface area contributed by atoms with Crippen molar-refractivity contribution in [3.05, 3.63) is 0 Å². The van der Waals surface area contributed by atoms with E-state index in [1.165, 1.54) is 0 Å². The molecule has 0 aromatic rings. The summed E-state index contributed by atoms with van der Waals surface area (Å²) in [4.78, 5) is 0. The van der Waals surface area contributed by atoms with Gasteiger partial charge in [-0.15, -0.1) is 0 Å². The van der Waals surface area contributed by atoms with Gasteiger partial charge in [0.2, 0.25) is 0 Å². The number of hydrogen-bond acceptors (Lipinski definition) is 1. The molecule has 0 radical (unpaired) electrons. The molecule has 0 aromatic heterocycles. The van der Waals surface area contributed by atoms with Crippen LogP contribution in [0, 0.1) is 0 Å². The summed E-state index contributed by atoms with van der Waals surface area (Å²) in [5.41, 5.74) is 0. The average Bonchev–Trinajstić information content (AvgIpc) is 2.07. The topological polar surface area (TPSA) is 12.0 Å². The molecule has 1 nitrogen and oxygen atoms in total. The Balaban J connectivity index is 3.27. The van der Waals surface area contributed by atoms with Crippen LogP contribution in [0.2, 0.25) is 0 Å². The zero-order valence-electron chi connectivity index (χ0n) is 8.95. The Bertz CT molecular complexity index is 134. The van der Waals surface area contributed by atoms with Gasteiger partial charge in [0.15, 0.2) is 0 Å². The highest BCUT2D eigenvalue weighted by molar-refractivity contribution is 4.61. The standard InChI is InChI=1S/C10H20F3N/c1-3-4-6-9(2)14-8-5-7-10(11,12)13/h9,14H,3-8H2,1-2H3. The van der Waals surface area contributed by atoms with Gasteiger partial charge in [0, 0.05) is 12.5 Å². The lowest BCUT2D eigenvalue weighted by Gasteiger charge is -2.13. The van der Waals surface area contributed by atoms with E-state index in [0.29, 0.717) is 12.6 Å². The van der Waals surface area contributed by atoms with Crippen molar-refractivity contribution in [2.45, 2.75) is 58.2 Å². The quantitative estimate of drug-likeness (QED) is 0.635.